The molecule has 1 aromatic rings. The predicted octanol–water partition coefficient (Wildman–Crippen LogP) is 2.52. The van der Waals surface area contributed by atoms with Gasteiger partial charge < -0.3 is 10.4 Å². The molecule has 7 heteroatoms. The van der Waals surface area contributed by atoms with Crippen molar-refractivity contribution in [3.63, 3.8) is 0 Å². The lowest BCUT2D eigenvalue weighted by Crippen LogP contribution is -2.42. The second-order valence-electron chi connectivity index (χ2n) is 5.23. The molecule has 0 aliphatic rings. The summed E-state index contributed by atoms with van der Waals surface area (Å²) in [5.41, 5.74) is -0.554. The number of aliphatic carboxylic acids is 1. The van der Waals surface area contributed by atoms with E-state index in [1.807, 2.05) is 0 Å². The lowest BCUT2D eigenvalue weighted by atomic mass is 9.82. The van der Waals surface area contributed by atoms with Crippen LogP contribution < -0.4 is 5.32 Å². The summed E-state index contributed by atoms with van der Waals surface area (Å²) >= 11 is 0. The first-order valence-corrected chi connectivity index (χ1v) is 7.04. The molecule has 22 heavy (non-hydrogen) atoms. The number of aryl methyl sites for hydroxylation is 1. The van der Waals surface area contributed by atoms with Gasteiger partial charge in [-0.25, -0.2) is 0 Å². The molecule has 0 saturated carbocycles. The van der Waals surface area contributed by atoms with E-state index in [1.165, 1.54) is 18.2 Å². The molecule has 2 N–H and O–H groups in total. The maximum Gasteiger partial charge on any atom is 0.311 e. The molecule has 0 unspecified atom stereocenters. The number of hydrogen-bond donors (Lipinski definition) is 2. The molecule has 0 radical (unpaired) electrons. The summed E-state index contributed by atoms with van der Waals surface area (Å²) in [5.74, 6) is -1.48. The third-order valence-electron chi connectivity index (χ3n) is 4.06. The lowest BCUT2D eigenvalue weighted by molar-refractivity contribution is -0.385. The number of hydrogen-bond acceptors (Lipinski definition) is 4. The molecule has 0 aliphatic carbocycles. The number of carboxylic acid groups (broad SMARTS) is 1. The minimum atomic E-state index is -1.02. The van der Waals surface area contributed by atoms with Crippen LogP contribution in [0.25, 0.3) is 0 Å². The smallest absolute Gasteiger partial charge is 0.311 e. The molecule has 0 aromatic heterocycles. The lowest BCUT2D eigenvalue weighted by Gasteiger charge is -2.26. The number of nitrogens with one attached hydrogen (secondary N) is 1. The van der Waals surface area contributed by atoms with Crippen molar-refractivity contribution >= 4 is 17.6 Å². The van der Waals surface area contributed by atoms with E-state index >= 15 is 0 Å². The van der Waals surface area contributed by atoms with E-state index in [0.717, 1.165) is 0 Å². The molecule has 0 aliphatic heterocycles. The number of amides is 1. The molecule has 0 spiro atoms. The maximum absolute atomic E-state index is 12.1. The molecular formula is C15H20N2O5. The van der Waals surface area contributed by atoms with Gasteiger partial charge in [-0.1, -0.05) is 19.9 Å². The van der Waals surface area contributed by atoms with Crippen LogP contribution in [0.4, 0.5) is 5.69 Å². The van der Waals surface area contributed by atoms with Gasteiger partial charge in [0.05, 0.1) is 10.3 Å². The van der Waals surface area contributed by atoms with Crippen molar-refractivity contribution in [2.24, 2.45) is 5.41 Å². The van der Waals surface area contributed by atoms with Crippen molar-refractivity contribution in [2.75, 3.05) is 6.54 Å². The summed E-state index contributed by atoms with van der Waals surface area (Å²) in [6, 6.07) is 4.18. The summed E-state index contributed by atoms with van der Waals surface area (Å²) < 4.78 is 0. The average molecular weight is 308 g/mol. The average Bonchev–Trinajstić information content (AvgIpc) is 2.48. The highest BCUT2D eigenvalue weighted by Gasteiger charge is 2.35. The second kappa shape index (κ2) is 7.02. The van der Waals surface area contributed by atoms with Gasteiger partial charge in [0.15, 0.2) is 0 Å². The Morgan fingerprint density at radius 2 is 1.91 bits per heavy atom. The maximum atomic E-state index is 12.1. The van der Waals surface area contributed by atoms with E-state index < -0.39 is 22.2 Å². The molecule has 0 atom stereocenters. The molecule has 0 bridgehead atoms. The first kappa shape index (κ1) is 17.6. The summed E-state index contributed by atoms with van der Waals surface area (Å²) in [5, 5.41) is 22.8. The van der Waals surface area contributed by atoms with Crippen LogP contribution in [-0.2, 0) is 4.79 Å². The normalized spacial score (nSPS) is 11.0. The van der Waals surface area contributed by atoms with E-state index in [1.54, 1.807) is 20.8 Å². The molecule has 0 heterocycles. The van der Waals surface area contributed by atoms with E-state index in [9.17, 15) is 24.8 Å². The molecule has 0 fully saturated rings. The van der Waals surface area contributed by atoms with Gasteiger partial charge >= 0.3 is 5.97 Å². The van der Waals surface area contributed by atoms with Crippen LogP contribution in [0.2, 0.25) is 0 Å². The minimum Gasteiger partial charge on any atom is -0.481 e. The molecule has 1 amide bonds. The van der Waals surface area contributed by atoms with Gasteiger partial charge in [-0.05, 0) is 25.8 Å². The van der Waals surface area contributed by atoms with Crippen LogP contribution in [-0.4, -0.2) is 28.5 Å². The van der Waals surface area contributed by atoms with Crippen molar-refractivity contribution in [1.82, 2.24) is 5.32 Å². The molecule has 0 saturated heterocycles. The van der Waals surface area contributed by atoms with E-state index in [-0.39, 0.29) is 17.8 Å². The highest BCUT2D eigenvalue weighted by atomic mass is 16.6. The van der Waals surface area contributed by atoms with Crippen LogP contribution in [0.1, 0.15) is 42.6 Å². The Labute approximate surface area is 128 Å². The number of benzene rings is 1. The predicted molar refractivity (Wildman–Crippen MR) is 80.8 cm³/mol. The van der Waals surface area contributed by atoms with Crippen molar-refractivity contribution in [1.29, 1.82) is 0 Å². The van der Waals surface area contributed by atoms with Crippen LogP contribution in [0.15, 0.2) is 18.2 Å². The third-order valence-corrected chi connectivity index (χ3v) is 4.06. The number of carboxylic acids is 1. The monoisotopic (exact) mass is 308 g/mol. The number of nitrogens with zero attached hydrogens (tertiary/aromatic N) is 1. The van der Waals surface area contributed by atoms with Gasteiger partial charge in [0.25, 0.3) is 11.6 Å². The Morgan fingerprint density at radius 3 is 2.36 bits per heavy atom. The standard InChI is InChI=1S/C15H20N2O5/c1-4-15(5-2,14(19)20)9-16-13(18)11-7-6-10(3)12(8-11)17(21)22/h6-8H,4-5,9H2,1-3H3,(H,16,18)(H,19,20). The number of rotatable bonds is 7. The van der Waals surface area contributed by atoms with E-state index in [0.29, 0.717) is 18.4 Å². The largest absolute Gasteiger partial charge is 0.481 e. The topological polar surface area (TPSA) is 110 Å². The van der Waals surface area contributed by atoms with Crippen LogP contribution in [0.5, 0.6) is 0 Å². The van der Waals surface area contributed by atoms with Gasteiger partial charge in [-0.15, -0.1) is 0 Å². The fourth-order valence-corrected chi connectivity index (χ4v) is 2.18. The SMILES string of the molecule is CCC(CC)(CNC(=O)c1ccc(C)c([N+](=O)[O-])c1)C(=O)O. The Hall–Kier alpha value is -2.44. The first-order chi connectivity index (χ1) is 10.3. The summed E-state index contributed by atoms with van der Waals surface area (Å²) in [6.07, 6.45) is 0.764. The van der Waals surface area contributed by atoms with Gasteiger partial charge in [0, 0.05) is 23.7 Å². The number of carbonyl (C=O) groups excluding carboxylic acids is 1. The summed E-state index contributed by atoms with van der Waals surface area (Å²) in [7, 11) is 0. The van der Waals surface area contributed by atoms with Gasteiger partial charge in [-0.3, -0.25) is 19.7 Å². The van der Waals surface area contributed by atoms with Crippen molar-refractivity contribution in [3.05, 3.63) is 39.4 Å². The van der Waals surface area contributed by atoms with E-state index in [2.05, 4.69) is 5.32 Å². The van der Waals surface area contributed by atoms with Gasteiger partial charge in [-0.2, -0.15) is 0 Å². The minimum absolute atomic E-state index is 0.0180. The molecule has 1 aromatic carbocycles. The summed E-state index contributed by atoms with van der Waals surface area (Å²) in [6.45, 7) is 5.07. The van der Waals surface area contributed by atoms with Crippen molar-refractivity contribution < 1.29 is 19.6 Å². The molecule has 7 nitrogen and oxygen atoms in total. The fraction of sp³-hybridized carbons (Fsp3) is 0.467. The van der Waals surface area contributed by atoms with Crippen LogP contribution in [0.3, 0.4) is 0 Å². The molecular weight excluding hydrogens is 288 g/mol. The zero-order valence-electron chi connectivity index (χ0n) is 12.9. The zero-order valence-corrected chi connectivity index (χ0v) is 12.9. The summed E-state index contributed by atoms with van der Waals surface area (Å²) in [4.78, 5) is 33.8. The molecule has 120 valence electrons. The van der Waals surface area contributed by atoms with Crippen molar-refractivity contribution in [2.45, 2.75) is 33.6 Å². The van der Waals surface area contributed by atoms with E-state index in [4.69, 9.17) is 0 Å². The fourth-order valence-electron chi connectivity index (χ4n) is 2.18. The highest BCUT2D eigenvalue weighted by molar-refractivity contribution is 5.95. The zero-order chi connectivity index (χ0) is 16.9. The second-order valence-corrected chi connectivity index (χ2v) is 5.23. The van der Waals surface area contributed by atoms with Crippen LogP contribution >= 0.6 is 0 Å². The quantitative estimate of drug-likeness (QED) is 0.594. The number of carbonyl (C=O) groups is 2. The van der Waals surface area contributed by atoms with Crippen LogP contribution in [0, 0.1) is 22.5 Å². The third kappa shape index (κ3) is 3.60. The number of nitro benzene ring substituents is 1. The number of nitro groups is 1. The highest BCUT2D eigenvalue weighted by Crippen LogP contribution is 2.26. The Kier molecular flexibility index (Phi) is 5.62. The Bertz CT molecular complexity index is 594. The Morgan fingerprint density at radius 1 is 1.32 bits per heavy atom. The Balaban J connectivity index is 2.92. The van der Waals surface area contributed by atoms with Gasteiger partial charge in [0.1, 0.15) is 0 Å². The van der Waals surface area contributed by atoms with Gasteiger partial charge in [0.2, 0.25) is 0 Å². The van der Waals surface area contributed by atoms with Crippen molar-refractivity contribution in [3.8, 4) is 0 Å². The molecule has 1 rings (SSSR count). The first-order valence-electron chi connectivity index (χ1n) is 7.04.